The van der Waals surface area contributed by atoms with Gasteiger partial charge in [0.2, 0.25) is 0 Å². The molecule has 2 N–H and O–H groups in total. The number of methoxy groups -OCH3 is 1. The van der Waals surface area contributed by atoms with Gasteiger partial charge in [0.05, 0.1) is 12.7 Å². The van der Waals surface area contributed by atoms with Crippen LogP contribution in [0.3, 0.4) is 0 Å². The van der Waals surface area contributed by atoms with Crippen molar-refractivity contribution in [1.29, 1.82) is 0 Å². The monoisotopic (exact) mass is 230 g/mol. The normalized spacial score (nSPS) is 33.9. The minimum atomic E-state index is -0.396. The average molecular weight is 230 g/mol. The number of hydrogen-bond acceptors (Lipinski definition) is 4. The van der Waals surface area contributed by atoms with Gasteiger partial charge >= 0.3 is 0 Å². The molecule has 0 aromatic heterocycles. The Hall–Kier alpha value is -0.160. The lowest BCUT2D eigenvalue weighted by Gasteiger charge is -2.40. The molecule has 4 heteroatoms. The molecule has 4 unspecified atom stereocenters. The van der Waals surface area contributed by atoms with Crippen molar-refractivity contribution in [3.8, 4) is 0 Å². The first-order valence-electron chi connectivity index (χ1n) is 6.15. The van der Waals surface area contributed by atoms with Gasteiger partial charge in [-0.25, -0.2) is 0 Å². The third-order valence-electron chi connectivity index (χ3n) is 3.59. The van der Waals surface area contributed by atoms with Gasteiger partial charge in [-0.1, -0.05) is 6.92 Å². The van der Waals surface area contributed by atoms with E-state index >= 15 is 0 Å². The second-order valence-electron chi connectivity index (χ2n) is 5.13. The smallest absolute Gasteiger partial charge is 0.0897 e. The molecule has 4 nitrogen and oxygen atoms in total. The summed E-state index contributed by atoms with van der Waals surface area (Å²) in [6.45, 7) is 6.68. The number of piperidine rings is 1. The number of likely N-dealkylation sites (tertiary alicyclic amines) is 1. The predicted molar refractivity (Wildman–Crippen MR) is 65.5 cm³/mol. The quantitative estimate of drug-likeness (QED) is 0.713. The van der Waals surface area contributed by atoms with Gasteiger partial charge in [0, 0.05) is 32.3 Å². The summed E-state index contributed by atoms with van der Waals surface area (Å²) >= 11 is 0. The molecule has 96 valence electrons. The molecule has 0 bridgehead atoms. The lowest BCUT2D eigenvalue weighted by Crippen LogP contribution is -2.52. The van der Waals surface area contributed by atoms with E-state index in [1.807, 2.05) is 0 Å². The van der Waals surface area contributed by atoms with Crippen molar-refractivity contribution >= 4 is 0 Å². The Kier molecular flexibility index (Phi) is 5.69. The van der Waals surface area contributed by atoms with Crippen LogP contribution in [0.25, 0.3) is 0 Å². The van der Waals surface area contributed by atoms with Crippen molar-refractivity contribution in [2.75, 3.05) is 33.9 Å². The second kappa shape index (κ2) is 6.55. The Morgan fingerprint density at radius 3 is 2.81 bits per heavy atom. The van der Waals surface area contributed by atoms with Crippen LogP contribution in [0.2, 0.25) is 0 Å². The molecule has 1 heterocycles. The van der Waals surface area contributed by atoms with Crippen LogP contribution in [-0.2, 0) is 4.74 Å². The molecule has 1 rings (SSSR count). The molecule has 0 amide bonds. The Bertz CT molecular complexity index is 201. The number of aliphatic hydroxyl groups excluding tert-OH is 1. The minimum absolute atomic E-state index is 0.396. The van der Waals surface area contributed by atoms with Crippen molar-refractivity contribution in [3.05, 3.63) is 0 Å². The summed E-state index contributed by atoms with van der Waals surface area (Å²) in [6, 6.07) is 1.13. The first kappa shape index (κ1) is 13.9. The molecule has 16 heavy (non-hydrogen) atoms. The fraction of sp³-hybridized carbons (Fsp3) is 1.00. The Morgan fingerprint density at radius 2 is 2.19 bits per heavy atom. The molecule has 1 saturated heterocycles. The Morgan fingerprint density at radius 1 is 1.50 bits per heavy atom. The zero-order valence-electron chi connectivity index (χ0n) is 10.9. The van der Waals surface area contributed by atoms with Crippen LogP contribution in [0.5, 0.6) is 0 Å². The summed E-state index contributed by atoms with van der Waals surface area (Å²) in [4.78, 5) is 2.40. The molecule has 0 saturated carbocycles. The van der Waals surface area contributed by atoms with Gasteiger partial charge < -0.3 is 20.1 Å². The topological polar surface area (TPSA) is 44.7 Å². The van der Waals surface area contributed by atoms with Crippen molar-refractivity contribution in [3.63, 3.8) is 0 Å². The highest BCUT2D eigenvalue weighted by Crippen LogP contribution is 2.20. The highest BCUT2D eigenvalue weighted by Gasteiger charge is 2.28. The number of nitrogens with zero attached hydrogens (tertiary/aromatic N) is 1. The Balaban J connectivity index is 2.30. The molecule has 0 spiro atoms. The second-order valence-corrected chi connectivity index (χ2v) is 5.13. The van der Waals surface area contributed by atoms with Crippen molar-refractivity contribution < 1.29 is 9.84 Å². The summed E-state index contributed by atoms with van der Waals surface area (Å²) in [7, 11) is 3.79. The van der Waals surface area contributed by atoms with E-state index in [4.69, 9.17) is 4.74 Å². The maximum absolute atomic E-state index is 9.59. The average Bonchev–Trinajstić information content (AvgIpc) is 2.22. The largest absolute Gasteiger partial charge is 0.389 e. The first-order valence-corrected chi connectivity index (χ1v) is 6.15. The van der Waals surface area contributed by atoms with E-state index in [1.165, 1.54) is 0 Å². The first-order chi connectivity index (χ1) is 7.54. The predicted octanol–water partition coefficient (Wildman–Crippen LogP) is 0.312. The molecule has 0 aromatic carbocycles. The lowest BCUT2D eigenvalue weighted by atomic mass is 9.90. The summed E-state index contributed by atoms with van der Waals surface area (Å²) in [6.07, 6.45) is 0.754. The van der Waals surface area contributed by atoms with Crippen LogP contribution in [-0.4, -0.2) is 62.0 Å². The Labute approximate surface area is 99.0 Å². The van der Waals surface area contributed by atoms with E-state index in [9.17, 15) is 5.11 Å². The maximum Gasteiger partial charge on any atom is 0.0897 e. The zero-order chi connectivity index (χ0) is 12.1. The fourth-order valence-corrected chi connectivity index (χ4v) is 2.36. The number of ether oxygens (including phenoxy) is 1. The molecule has 4 atom stereocenters. The van der Waals surface area contributed by atoms with Crippen LogP contribution >= 0.6 is 0 Å². The van der Waals surface area contributed by atoms with Crippen molar-refractivity contribution in [2.45, 2.75) is 38.5 Å². The highest BCUT2D eigenvalue weighted by molar-refractivity contribution is 4.86. The highest BCUT2D eigenvalue weighted by atomic mass is 16.5. The van der Waals surface area contributed by atoms with Crippen LogP contribution in [0.15, 0.2) is 0 Å². The standard InChI is InChI=1S/C12H26N2O2/c1-9-7-14(3)10(2)5-12(9)13-6-11(15)8-16-4/h9-13,15H,5-8H2,1-4H3. The minimum Gasteiger partial charge on any atom is -0.389 e. The van der Waals surface area contributed by atoms with E-state index in [-0.39, 0.29) is 0 Å². The van der Waals surface area contributed by atoms with E-state index in [1.54, 1.807) is 7.11 Å². The molecule has 0 aliphatic carbocycles. The lowest BCUT2D eigenvalue weighted by molar-refractivity contribution is 0.0540. The van der Waals surface area contributed by atoms with Crippen molar-refractivity contribution in [2.24, 2.45) is 5.92 Å². The van der Waals surface area contributed by atoms with Crippen LogP contribution < -0.4 is 5.32 Å². The fourth-order valence-electron chi connectivity index (χ4n) is 2.36. The van der Waals surface area contributed by atoms with E-state index in [0.717, 1.165) is 13.0 Å². The van der Waals surface area contributed by atoms with Gasteiger partial charge in [-0.3, -0.25) is 0 Å². The van der Waals surface area contributed by atoms with Gasteiger partial charge in [0.1, 0.15) is 0 Å². The third-order valence-corrected chi connectivity index (χ3v) is 3.59. The number of nitrogens with one attached hydrogen (secondary N) is 1. The molecule has 0 aromatic rings. The number of hydrogen-bond donors (Lipinski definition) is 2. The molecule has 1 aliphatic heterocycles. The van der Waals surface area contributed by atoms with Gasteiger partial charge in [-0.05, 0) is 26.3 Å². The summed E-state index contributed by atoms with van der Waals surface area (Å²) < 4.78 is 4.91. The number of rotatable bonds is 5. The zero-order valence-corrected chi connectivity index (χ0v) is 10.9. The SMILES string of the molecule is COCC(O)CNC1CC(C)N(C)CC1C. The van der Waals surface area contributed by atoms with E-state index in [2.05, 4.69) is 31.1 Å². The summed E-state index contributed by atoms with van der Waals surface area (Å²) in [5.41, 5.74) is 0. The molecular weight excluding hydrogens is 204 g/mol. The van der Waals surface area contributed by atoms with E-state index in [0.29, 0.717) is 31.2 Å². The summed E-state index contributed by atoms with van der Waals surface area (Å²) in [5.74, 6) is 0.635. The van der Waals surface area contributed by atoms with Crippen LogP contribution in [0, 0.1) is 5.92 Å². The van der Waals surface area contributed by atoms with Gasteiger partial charge in [0.15, 0.2) is 0 Å². The van der Waals surface area contributed by atoms with Gasteiger partial charge in [0.25, 0.3) is 0 Å². The van der Waals surface area contributed by atoms with Gasteiger partial charge in [-0.15, -0.1) is 0 Å². The summed E-state index contributed by atoms with van der Waals surface area (Å²) in [5, 5.41) is 13.0. The molecular formula is C12H26N2O2. The maximum atomic E-state index is 9.59. The van der Waals surface area contributed by atoms with Gasteiger partial charge in [-0.2, -0.15) is 0 Å². The molecule has 1 aliphatic rings. The third kappa shape index (κ3) is 4.01. The van der Waals surface area contributed by atoms with E-state index < -0.39 is 6.10 Å². The van der Waals surface area contributed by atoms with Crippen LogP contribution in [0.4, 0.5) is 0 Å². The molecule has 1 fully saturated rings. The number of aliphatic hydroxyl groups is 1. The van der Waals surface area contributed by atoms with Crippen molar-refractivity contribution in [1.82, 2.24) is 10.2 Å². The van der Waals surface area contributed by atoms with Crippen LogP contribution in [0.1, 0.15) is 20.3 Å². The molecule has 0 radical (unpaired) electrons.